The summed E-state index contributed by atoms with van der Waals surface area (Å²) >= 11 is 0. The van der Waals surface area contributed by atoms with Crippen molar-refractivity contribution in [2.75, 3.05) is 0 Å². The molecule has 1 heterocycles. The normalized spacial score (nSPS) is 11.3. The third kappa shape index (κ3) is 4.77. The second-order valence-corrected chi connectivity index (χ2v) is 6.93. The molecule has 0 atom stereocenters. The smallest absolute Gasteiger partial charge is 0.244 e. The Morgan fingerprint density at radius 2 is 1.75 bits per heavy atom. The Kier molecular flexibility index (Phi) is 6.43. The average molecular weight is 374 g/mol. The molecule has 0 radical (unpaired) electrons. The third-order valence-electron chi connectivity index (χ3n) is 4.83. The standard InChI is InChI=1S/C24H27N3O/c1-4-21(5-2)25-23(28)16-15-20-17-27(22-9-7-6-8-10-22)26-24(20)19-13-11-18(3)12-14-19/h6-17,21H,4-5H2,1-3H3,(H,25,28). The fraction of sp³-hybridized carbons (Fsp3) is 0.250. The molecular formula is C24H27N3O. The van der Waals surface area contributed by atoms with E-state index in [-0.39, 0.29) is 11.9 Å². The molecule has 1 N–H and O–H groups in total. The molecule has 0 saturated heterocycles. The van der Waals surface area contributed by atoms with Crippen LogP contribution in [-0.4, -0.2) is 21.7 Å². The quantitative estimate of drug-likeness (QED) is 0.581. The summed E-state index contributed by atoms with van der Waals surface area (Å²) in [7, 11) is 0. The minimum absolute atomic E-state index is 0.0731. The second-order valence-electron chi connectivity index (χ2n) is 6.93. The zero-order valence-corrected chi connectivity index (χ0v) is 16.7. The highest BCUT2D eigenvalue weighted by molar-refractivity contribution is 5.93. The lowest BCUT2D eigenvalue weighted by atomic mass is 10.1. The first kappa shape index (κ1) is 19.6. The van der Waals surface area contributed by atoms with Gasteiger partial charge in [-0.3, -0.25) is 4.79 Å². The van der Waals surface area contributed by atoms with Gasteiger partial charge in [0.1, 0.15) is 0 Å². The number of hydrogen-bond donors (Lipinski definition) is 1. The first-order chi connectivity index (χ1) is 13.6. The molecule has 3 rings (SSSR count). The number of aromatic nitrogens is 2. The summed E-state index contributed by atoms with van der Waals surface area (Å²) in [5.74, 6) is -0.0731. The van der Waals surface area contributed by atoms with Gasteiger partial charge in [-0.15, -0.1) is 0 Å². The van der Waals surface area contributed by atoms with Gasteiger partial charge in [-0.2, -0.15) is 5.10 Å². The summed E-state index contributed by atoms with van der Waals surface area (Å²) in [6.07, 6.45) is 7.26. The number of aryl methyl sites for hydroxylation is 1. The summed E-state index contributed by atoms with van der Waals surface area (Å²) in [5.41, 5.74) is 4.98. The van der Waals surface area contributed by atoms with Gasteiger partial charge < -0.3 is 5.32 Å². The van der Waals surface area contributed by atoms with Crippen molar-refractivity contribution < 1.29 is 4.79 Å². The van der Waals surface area contributed by atoms with E-state index >= 15 is 0 Å². The number of carbonyl (C=O) groups is 1. The van der Waals surface area contributed by atoms with Crippen LogP contribution in [0.3, 0.4) is 0 Å². The molecule has 0 unspecified atom stereocenters. The van der Waals surface area contributed by atoms with Crippen molar-refractivity contribution in [2.45, 2.75) is 39.7 Å². The Balaban J connectivity index is 1.94. The zero-order valence-electron chi connectivity index (χ0n) is 16.7. The van der Waals surface area contributed by atoms with Crippen molar-refractivity contribution in [1.82, 2.24) is 15.1 Å². The van der Waals surface area contributed by atoms with E-state index < -0.39 is 0 Å². The fourth-order valence-electron chi connectivity index (χ4n) is 3.07. The lowest BCUT2D eigenvalue weighted by Gasteiger charge is -2.12. The van der Waals surface area contributed by atoms with E-state index in [1.807, 2.05) is 47.3 Å². The van der Waals surface area contributed by atoms with E-state index in [0.717, 1.165) is 35.3 Å². The van der Waals surface area contributed by atoms with Gasteiger partial charge in [0.05, 0.1) is 11.4 Å². The number of hydrogen-bond acceptors (Lipinski definition) is 2. The third-order valence-corrected chi connectivity index (χ3v) is 4.83. The van der Waals surface area contributed by atoms with Crippen molar-refractivity contribution in [3.8, 4) is 16.9 Å². The van der Waals surface area contributed by atoms with Crippen LogP contribution in [0.5, 0.6) is 0 Å². The maximum atomic E-state index is 12.3. The van der Waals surface area contributed by atoms with Crippen LogP contribution in [0.1, 0.15) is 37.8 Å². The number of rotatable bonds is 7. The van der Waals surface area contributed by atoms with E-state index in [2.05, 4.69) is 50.4 Å². The van der Waals surface area contributed by atoms with Gasteiger partial charge >= 0.3 is 0 Å². The summed E-state index contributed by atoms with van der Waals surface area (Å²) in [4.78, 5) is 12.3. The van der Waals surface area contributed by atoms with Gasteiger partial charge in [-0.25, -0.2) is 4.68 Å². The monoisotopic (exact) mass is 373 g/mol. The van der Waals surface area contributed by atoms with E-state index in [1.165, 1.54) is 5.56 Å². The molecule has 1 aromatic heterocycles. The van der Waals surface area contributed by atoms with Crippen LogP contribution >= 0.6 is 0 Å². The molecule has 4 heteroatoms. The maximum absolute atomic E-state index is 12.3. The molecule has 0 aliphatic carbocycles. The minimum atomic E-state index is -0.0731. The Hall–Kier alpha value is -3.14. The summed E-state index contributed by atoms with van der Waals surface area (Å²) in [6, 6.07) is 18.5. The molecular weight excluding hydrogens is 346 g/mol. The first-order valence-corrected chi connectivity index (χ1v) is 9.81. The minimum Gasteiger partial charge on any atom is -0.350 e. The largest absolute Gasteiger partial charge is 0.350 e. The highest BCUT2D eigenvalue weighted by Gasteiger charge is 2.11. The van der Waals surface area contributed by atoms with E-state index in [1.54, 1.807) is 6.08 Å². The van der Waals surface area contributed by atoms with Crippen LogP contribution < -0.4 is 5.32 Å². The predicted octanol–water partition coefficient (Wildman–Crippen LogP) is 5.17. The van der Waals surface area contributed by atoms with Crippen molar-refractivity contribution >= 4 is 12.0 Å². The Bertz CT molecular complexity index is 936. The maximum Gasteiger partial charge on any atom is 0.244 e. The molecule has 28 heavy (non-hydrogen) atoms. The lowest BCUT2D eigenvalue weighted by molar-refractivity contribution is -0.117. The number of carbonyl (C=O) groups excluding carboxylic acids is 1. The van der Waals surface area contributed by atoms with Crippen LogP contribution in [0.4, 0.5) is 0 Å². The van der Waals surface area contributed by atoms with Gasteiger partial charge in [0.2, 0.25) is 5.91 Å². The molecule has 3 aromatic rings. The fourth-order valence-corrected chi connectivity index (χ4v) is 3.07. The summed E-state index contributed by atoms with van der Waals surface area (Å²) in [5, 5.41) is 7.82. The van der Waals surface area contributed by atoms with Crippen LogP contribution in [0.2, 0.25) is 0 Å². The van der Waals surface area contributed by atoms with Gasteiger partial charge in [-0.1, -0.05) is 61.9 Å². The SMILES string of the molecule is CCC(CC)NC(=O)C=Cc1cn(-c2ccccc2)nc1-c1ccc(C)cc1. The van der Waals surface area contributed by atoms with Gasteiger partial charge in [-0.05, 0) is 38.0 Å². The molecule has 0 aliphatic heterocycles. The highest BCUT2D eigenvalue weighted by atomic mass is 16.1. The summed E-state index contributed by atoms with van der Waals surface area (Å²) < 4.78 is 1.85. The number of nitrogens with one attached hydrogen (secondary N) is 1. The first-order valence-electron chi connectivity index (χ1n) is 9.81. The molecule has 0 spiro atoms. The van der Waals surface area contributed by atoms with E-state index in [9.17, 15) is 4.79 Å². The predicted molar refractivity (Wildman–Crippen MR) is 115 cm³/mol. The molecule has 0 fully saturated rings. The number of nitrogens with zero attached hydrogens (tertiary/aromatic N) is 2. The Morgan fingerprint density at radius 1 is 1.07 bits per heavy atom. The van der Waals surface area contributed by atoms with Crippen molar-refractivity contribution in [3.05, 3.63) is 78.0 Å². The lowest BCUT2D eigenvalue weighted by Crippen LogP contribution is -2.32. The van der Waals surface area contributed by atoms with Gasteiger partial charge in [0.25, 0.3) is 0 Å². The van der Waals surface area contributed by atoms with Crippen molar-refractivity contribution in [1.29, 1.82) is 0 Å². The Labute approximate surface area is 166 Å². The molecule has 0 saturated carbocycles. The van der Waals surface area contributed by atoms with Crippen LogP contribution in [0.15, 0.2) is 66.9 Å². The topological polar surface area (TPSA) is 46.9 Å². The van der Waals surface area contributed by atoms with Crippen LogP contribution in [0, 0.1) is 6.92 Å². The van der Waals surface area contributed by atoms with Crippen LogP contribution in [-0.2, 0) is 4.79 Å². The number of amides is 1. The molecule has 144 valence electrons. The highest BCUT2D eigenvalue weighted by Crippen LogP contribution is 2.25. The second kappa shape index (κ2) is 9.18. The van der Waals surface area contributed by atoms with Crippen molar-refractivity contribution in [2.24, 2.45) is 0 Å². The molecule has 4 nitrogen and oxygen atoms in total. The van der Waals surface area contributed by atoms with Gasteiger partial charge in [0.15, 0.2) is 0 Å². The molecule has 0 bridgehead atoms. The number of benzene rings is 2. The van der Waals surface area contributed by atoms with E-state index in [4.69, 9.17) is 5.10 Å². The molecule has 0 aliphatic rings. The van der Waals surface area contributed by atoms with Crippen molar-refractivity contribution in [3.63, 3.8) is 0 Å². The zero-order chi connectivity index (χ0) is 19.9. The summed E-state index contributed by atoms with van der Waals surface area (Å²) in [6.45, 7) is 6.23. The molecule has 1 amide bonds. The number of para-hydroxylation sites is 1. The molecule has 2 aromatic carbocycles. The average Bonchev–Trinajstić information content (AvgIpc) is 3.16. The Morgan fingerprint density at radius 3 is 2.39 bits per heavy atom. The van der Waals surface area contributed by atoms with E-state index in [0.29, 0.717) is 0 Å². The van der Waals surface area contributed by atoms with Gasteiger partial charge in [0, 0.05) is 29.4 Å². The van der Waals surface area contributed by atoms with Crippen LogP contribution in [0.25, 0.3) is 23.0 Å².